The summed E-state index contributed by atoms with van der Waals surface area (Å²) in [6.45, 7) is 0.427. The molecule has 7 nitrogen and oxygen atoms in total. The molecule has 2 rings (SSSR count). The minimum Gasteiger partial charge on any atom is -0.347 e. The lowest BCUT2D eigenvalue weighted by Crippen LogP contribution is -2.32. The van der Waals surface area contributed by atoms with E-state index in [0.717, 1.165) is 0 Å². The molecule has 1 aromatic heterocycles. The van der Waals surface area contributed by atoms with Crippen LogP contribution in [0.1, 0.15) is 12.2 Å². The molecule has 88 valence electrons. The second-order valence-electron chi connectivity index (χ2n) is 3.73. The summed E-state index contributed by atoms with van der Waals surface area (Å²) in [5.41, 5.74) is 0. The number of nitrogens with two attached hydrogens (primary N) is 1. The van der Waals surface area contributed by atoms with E-state index in [1.807, 2.05) is 0 Å². The van der Waals surface area contributed by atoms with Crippen LogP contribution in [0, 0.1) is 0 Å². The zero-order valence-corrected chi connectivity index (χ0v) is 9.27. The summed E-state index contributed by atoms with van der Waals surface area (Å²) >= 11 is 0. The molecule has 1 aliphatic rings. The number of aromatic amines is 1. The third-order valence-corrected chi connectivity index (χ3v) is 3.78. The molecule has 0 radical (unpaired) electrons. The highest BCUT2D eigenvalue weighted by atomic mass is 32.2. The first-order valence-electron chi connectivity index (χ1n) is 4.74. The number of nitrogens with zero attached hydrogens (tertiary/aromatic N) is 2. The van der Waals surface area contributed by atoms with E-state index in [0.29, 0.717) is 5.82 Å². The van der Waals surface area contributed by atoms with Crippen molar-refractivity contribution in [2.45, 2.75) is 18.2 Å². The molecule has 1 amide bonds. The summed E-state index contributed by atoms with van der Waals surface area (Å²) in [7, 11) is -3.64. The monoisotopic (exact) mass is 244 g/mol. The maximum atomic E-state index is 11.5. The van der Waals surface area contributed by atoms with Gasteiger partial charge in [-0.1, -0.05) is 0 Å². The van der Waals surface area contributed by atoms with Crippen LogP contribution in [0.5, 0.6) is 0 Å². The molecule has 3 N–H and O–H groups in total. The highest BCUT2D eigenvalue weighted by Crippen LogP contribution is 2.17. The maximum absolute atomic E-state index is 11.5. The maximum Gasteiger partial charge on any atom is 0.224 e. The second kappa shape index (κ2) is 3.87. The van der Waals surface area contributed by atoms with E-state index in [1.165, 1.54) is 4.90 Å². The number of primary sulfonamides is 1. The van der Waals surface area contributed by atoms with Gasteiger partial charge in [-0.05, 0) is 0 Å². The van der Waals surface area contributed by atoms with Crippen molar-refractivity contribution in [2.75, 3.05) is 6.54 Å². The lowest BCUT2D eigenvalue weighted by Gasteiger charge is -2.14. The van der Waals surface area contributed by atoms with Gasteiger partial charge in [0.25, 0.3) is 0 Å². The van der Waals surface area contributed by atoms with Crippen LogP contribution in [0.25, 0.3) is 0 Å². The van der Waals surface area contributed by atoms with Crippen molar-refractivity contribution in [3.63, 3.8) is 0 Å². The number of nitrogens with one attached hydrogen (secondary N) is 1. The normalized spacial score (nSPS) is 21.7. The molecule has 0 saturated carbocycles. The lowest BCUT2D eigenvalue weighted by atomic mass is 10.4. The molecule has 16 heavy (non-hydrogen) atoms. The summed E-state index contributed by atoms with van der Waals surface area (Å²) in [6, 6.07) is 0. The molecule has 1 atom stereocenters. The lowest BCUT2D eigenvalue weighted by molar-refractivity contribution is -0.128. The van der Waals surface area contributed by atoms with Crippen LogP contribution in [-0.2, 0) is 21.4 Å². The highest BCUT2D eigenvalue weighted by molar-refractivity contribution is 7.89. The van der Waals surface area contributed by atoms with Gasteiger partial charge >= 0.3 is 0 Å². The van der Waals surface area contributed by atoms with Crippen molar-refractivity contribution < 1.29 is 13.2 Å². The van der Waals surface area contributed by atoms with E-state index in [2.05, 4.69) is 9.97 Å². The van der Waals surface area contributed by atoms with Gasteiger partial charge in [0.05, 0.1) is 6.54 Å². The molecule has 0 bridgehead atoms. The number of carbonyl (C=O) groups excluding carboxylic acids is 1. The fourth-order valence-electron chi connectivity index (χ4n) is 1.67. The van der Waals surface area contributed by atoms with Gasteiger partial charge in [-0.25, -0.2) is 18.5 Å². The van der Waals surface area contributed by atoms with Gasteiger partial charge in [0.1, 0.15) is 11.1 Å². The van der Waals surface area contributed by atoms with Gasteiger partial charge in [0, 0.05) is 25.4 Å². The van der Waals surface area contributed by atoms with Crippen LogP contribution in [-0.4, -0.2) is 41.0 Å². The number of H-pyrrole nitrogens is 1. The highest BCUT2D eigenvalue weighted by Gasteiger charge is 2.36. The van der Waals surface area contributed by atoms with Crippen LogP contribution >= 0.6 is 0 Å². The van der Waals surface area contributed by atoms with Crippen molar-refractivity contribution >= 4 is 15.9 Å². The Morgan fingerprint density at radius 3 is 2.88 bits per heavy atom. The van der Waals surface area contributed by atoms with Gasteiger partial charge in [-0.2, -0.15) is 0 Å². The molecule has 0 aliphatic carbocycles. The van der Waals surface area contributed by atoms with E-state index in [4.69, 9.17) is 5.14 Å². The van der Waals surface area contributed by atoms with Crippen LogP contribution in [0.2, 0.25) is 0 Å². The number of sulfonamides is 1. The average Bonchev–Trinajstić information content (AvgIpc) is 2.76. The van der Waals surface area contributed by atoms with Crippen LogP contribution < -0.4 is 5.14 Å². The molecule has 2 heterocycles. The van der Waals surface area contributed by atoms with Gasteiger partial charge in [0.15, 0.2) is 0 Å². The first-order valence-corrected chi connectivity index (χ1v) is 6.35. The van der Waals surface area contributed by atoms with Crippen LogP contribution in [0.15, 0.2) is 12.4 Å². The Morgan fingerprint density at radius 1 is 1.62 bits per heavy atom. The van der Waals surface area contributed by atoms with Crippen molar-refractivity contribution in [1.29, 1.82) is 0 Å². The van der Waals surface area contributed by atoms with Gasteiger partial charge in [-0.15, -0.1) is 0 Å². The summed E-state index contributed by atoms with van der Waals surface area (Å²) < 4.78 is 22.2. The Bertz CT molecular complexity index is 481. The Balaban J connectivity index is 2.06. The number of rotatable bonds is 3. The van der Waals surface area contributed by atoms with Crippen LogP contribution in [0.3, 0.4) is 0 Å². The zero-order chi connectivity index (χ0) is 11.8. The van der Waals surface area contributed by atoms with Crippen LogP contribution in [0.4, 0.5) is 0 Å². The van der Waals surface area contributed by atoms with Crippen molar-refractivity contribution in [3.05, 3.63) is 18.2 Å². The van der Waals surface area contributed by atoms with Gasteiger partial charge in [-0.3, -0.25) is 4.79 Å². The Kier molecular flexibility index (Phi) is 2.68. The number of carbonyl (C=O) groups is 1. The first-order chi connectivity index (χ1) is 7.47. The molecule has 1 fully saturated rings. The summed E-state index contributed by atoms with van der Waals surface area (Å²) in [4.78, 5) is 19.8. The predicted molar refractivity (Wildman–Crippen MR) is 55.5 cm³/mol. The zero-order valence-electron chi connectivity index (χ0n) is 8.46. The number of amides is 1. The summed E-state index contributed by atoms with van der Waals surface area (Å²) in [5, 5.41) is 4.21. The third kappa shape index (κ3) is 2.22. The minimum absolute atomic E-state index is 0.0421. The van der Waals surface area contributed by atoms with E-state index in [1.54, 1.807) is 12.4 Å². The minimum atomic E-state index is -3.64. The molecule has 1 saturated heterocycles. The van der Waals surface area contributed by atoms with E-state index < -0.39 is 15.3 Å². The number of aromatic nitrogens is 2. The molecule has 1 aliphatic heterocycles. The molecule has 0 aromatic carbocycles. The number of hydrogen-bond donors (Lipinski definition) is 2. The van der Waals surface area contributed by atoms with E-state index in [9.17, 15) is 13.2 Å². The Morgan fingerprint density at radius 2 is 2.38 bits per heavy atom. The van der Waals surface area contributed by atoms with E-state index in [-0.39, 0.29) is 25.4 Å². The number of hydrogen-bond acceptors (Lipinski definition) is 4. The largest absolute Gasteiger partial charge is 0.347 e. The Labute approximate surface area is 92.7 Å². The topological polar surface area (TPSA) is 109 Å². The predicted octanol–water partition coefficient (Wildman–Crippen LogP) is -1.20. The molecule has 0 spiro atoms. The van der Waals surface area contributed by atoms with Crippen molar-refractivity contribution in [2.24, 2.45) is 5.14 Å². The molecule has 1 aromatic rings. The second-order valence-corrected chi connectivity index (χ2v) is 5.57. The number of imidazole rings is 1. The van der Waals surface area contributed by atoms with Crippen molar-refractivity contribution in [1.82, 2.24) is 14.9 Å². The summed E-state index contributed by atoms with van der Waals surface area (Å²) in [5.74, 6) is 0.416. The first kappa shape index (κ1) is 11.1. The smallest absolute Gasteiger partial charge is 0.224 e. The molecule has 1 unspecified atom stereocenters. The standard InChI is InChI=1S/C8H12N4O3S/c9-16(14,15)6-3-8(13)12(4-6)5-7-10-1-2-11-7/h1-2,6H,3-5H2,(H,10,11)(H2,9,14,15). The fraction of sp³-hybridized carbons (Fsp3) is 0.500. The SMILES string of the molecule is NS(=O)(=O)C1CC(=O)N(Cc2ncc[nH]2)C1. The quantitative estimate of drug-likeness (QED) is 0.695. The van der Waals surface area contributed by atoms with E-state index >= 15 is 0 Å². The third-order valence-electron chi connectivity index (χ3n) is 2.54. The Hall–Kier alpha value is -1.41. The molecular weight excluding hydrogens is 232 g/mol. The van der Waals surface area contributed by atoms with Gasteiger partial charge < -0.3 is 9.88 Å². The molecular formula is C8H12N4O3S. The van der Waals surface area contributed by atoms with Crippen molar-refractivity contribution in [3.8, 4) is 0 Å². The molecule has 8 heteroatoms. The summed E-state index contributed by atoms with van der Waals surface area (Å²) in [6.07, 6.45) is 3.18. The average molecular weight is 244 g/mol. The fourth-order valence-corrected chi connectivity index (χ4v) is 2.44. The van der Waals surface area contributed by atoms with Gasteiger partial charge in [0.2, 0.25) is 15.9 Å². The number of likely N-dealkylation sites (tertiary alicyclic amines) is 1.